The minimum Gasteiger partial charge on any atom is -0.390 e. The molecule has 3 rings (SSSR count). The molecule has 0 aromatic heterocycles. The van der Waals surface area contributed by atoms with Crippen molar-refractivity contribution in [1.82, 2.24) is 14.7 Å². The topological polar surface area (TPSA) is 74.7 Å². The number of β-amino-alcohol motifs (C(OH)–C–C–N with tert-alkyl or cyclic N) is 1. The molecule has 0 saturated carbocycles. The van der Waals surface area contributed by atoms with Gasteiger partial charge in [-0.1, -0.05) is 17.7 Å². The van der Waals surface area contributed by atoms with E-state index in [1.807, 2.05) is 36.1 Å². The zero-order chi connectivity index (χ0) is 22.1. The zero-order valence-corrected chi connectivity index (χ0v) is 18.9. The number of amides is 1. The second-order valence-electron chi connectivity index (χ2n) is 8.43. The van der Waals surface area contributed by atoms with Crippen molar-refractivity contribution in [3.63, 3.8) is 0 Å². The van der Waals surface area contributed by atoms with Gasteiger partial charge in [0.2, 0.25) is 0 Å². The van der Waals surface area contributed by atoms with Gasteiger partial charge in [0.1, 0.15) is 0 Å². The van der Waals surface area contributed by atoms with E-state index in [9.17, 15) is 9.90 Å². The van der Waals surface area contributed by atoms with Crippen molar-refractivity contribution in [1.29, 1.82) is 0 Å². The van der Waals surface area contributed by atoms with Crippen LogP contribution in [-0.4, -0.2) is 124 Å². The van der Waals surface area contributed by atoms with E-state index < -0.39 is 6.10 Å². The van der Waals surface area contributed by atoms with E-state index in [4.69, 9.17) is 14.2 Å². The number of rotatable bonds is 10. The number of aliphatic hydroxyl groups is 1. The fraction of sp³-hybridized carbons (Fsp3) is 0.696. The van der Waals surface area contributed by atoms with E-state index in [1.54, 1.807) is 7.11 Å². The number of nitrogens with zero attached hydrogens (tertiary/aromatic N) is 3. The highest BCUT2D eigenvalue weighted by Crippen LogP contribution is 2.12. The van der Waals surface area contributed by atoms with Crippen molar-refractivity contribution in [2.75, 3.05) is 85.9 Å². The molecule has 1 N–H and O–H groups in total. The number of aryl methyl sites for hydroxylation is 1. The molecule has 0 bridgehead atoms. The SMILES string of the molecule is COCCN(C[C@H]1CN(C[C@H](O)CN2CCOCC2)CCO1)C(=O)c1ccc(C)cc1. The summed E-state index contributed by atoms with van der Waals surface area (Å²) in [7, 11) is 1.64. The molecule has 2 aliphatic rings. The Morgan fingerprint density at radius 2 is 1.84 bits per heavy atom. The summed E-state index contributed by atoms with van der Waals surface area (Å²) in [6.07, 6.45) is -0.494. The molecule has 0 unspecified atom stereocenters. The maximum Gasteiger partial charge on any atom is 0.254 e. The highest BCUT2D eigenvalue weighted by atomic mass is 16.5. The highest BCUT2D eigenvalue weighted by molar-refractivity contribution is 5.94. The number of carbonyl (C=O) groups excluding carboxylic acids is 1. The van der Waals surface area contributed by atoms with Crippen LogP contribution in [0.5, 0.6) is 0 Å². The Balaban J connectivity index is 1.52. The van der Waals surface area contributed by atoms with E-state index in [2.05, 4.69) is 9.80 Å². The number of carbonyl (C=O) groups is 1. The fourth-order valence-corrected chi connectivity index (χ4v) is 4.10. The number of ether oxygens (including phenoxy) is 3. The van der Waals surface area contributed by atoms with Gasteiger partial charge < -0.3 is 24.2 Å². The third kappa shape index (κ3) is 7.82. The molecular formula is C23H37N3O5. The van der Waals surface area contributed by atoms with Gasteiger partial charge in [-0.05, 0) is 19.1 Å². The second kappa shape index (κ2) is 12.5. The summed E-state index contributed by atoms with van der Waals surface area (Å²) in [4.78, 5) is 19.4. The largest absolute Gasteiger partial charge is 0.390 e. The van der Waals surface area contributed by atoms with Crippen LogP contribution >= 0.6 is 0 Å². The minimum absolute atomic E-state index is 0.00914. The van der Waals surface area contributed by atoms with Gasteiger partial charge in [-0.15, -0.1) is 0 Å². The van der Waals surface area contributed by atoms with Crippen LogP contribution in [0, 0.1) is 6.92 Å². The maximum atomic E-state index is 13.1. The molecule has 174 valence electrons. The summed E-state index contributed by atoms with van der Waals surface area (Å²) in [6.45, 7) is 10.1. The Labute approximate surface area is 185 Å². The first kappa shape index (κ1) is 24.1. The van der Waals surface area contributed by atoms with Crippen molar-refractivity contribution >= 4 is 5.91 Å². The Hall–Kier alpha value is -1.55. The molecule has 31 heavy (non-hydrogen) atoms. The number of benzene rings is 1. The third-order valence-electron chi connectivity index (χ3n) is 5.84. The lowest BCUT2D eigenvalue weighted by Gasteiger charge is -2.37. The lowest BCUT2D eigenvalue weighted by molar-refractivity contribution is -0.0564. The maximum absolute atomic E-state index is 13.1. The van der Waals surface area contributed by atoms with Gasteiger partial charge in [-0.2, -0.15) is 0 Å². The van der Waals surface area contributed by atoms with Gasteiger partial charge in [0.25, 0.3) is 5.91 Å². The number of morpholine rings is 2. The fourth-order valence-electron chi connectivity index (χ4n) is 4.10. The summed E-state index contributed by atoms with van der Waals surface area (Å²) in [5.41, 5.74) is 1.80. The van der Waals surface area contributed by atoms with Gasteiger partial charge in [0.15, 0.2) is 0 Å². The van der Waals surface area contributed by atoms with E-state index >= 15 is 0 Å². The quantitative estimate of drug-likeness (QED) is 0.573. The van der Waals surface area contributed by atoms with Crippen molar-refractivity contribution < 1.29 is 24.1 Å². The Kier molecular flexibility index (Phi) is 9.70. The van der Waals surface area contributed by atoms with Gasteiger partial charge >= 0.3 is 0 Å². The van der Waals surface area contributed by atoms with Crippen LogP contribution in [-0.2, 0) is 14.2 Å². The molecule has 2 heterocycles. The van der Waals surface area contributed by atoms with Gasteiger partial charge in [0.05, 0.1) is 38.6 Å². The molecule has 1 aromatic carbocycles. The average molecular weight is 436 g/mol. The molecule has 1 aromatic rings. The lowest BCUT2D eigenvalue weighted by atomic mass is 10.1. The molecule has 2 fully saturated rings. The third-order valence-corrected chi connectivity index (χ3v) is 5.84. The normalized spacial score (nSPS) is 21.7. The second-order valence-corrected chi connectivity index (χ2v) is 8.43. The van der Waals surface area contributed by atoms with Crippen molar-refractivity contribution in [3.05, 3.63) is 35.4 Å². The minimum atomic E-state index is -0.407. The highest BCUT2D eigenvalue weighted by Gasteiger charge is 2.27. The Bertz CT molecular complexity index is 666. The molecule has 8 heteroatoms. The van der Waals surface area contributed by atoms with Crippen LogP contribution in [0.3, 0.4) is 0 Å². The molecule has 2 atom stereocenters. The summed E-state index contributed by atoms with van der Waals surface area (Å²) in [6, 6.07) is 7.65. The zero-order valence-electron chi connectivity index (χ0n) is 18.9. The van der Waals surface area contributed by atoms with Gasteiger partial charge in [-0.3, -0.25) is 14.6 Å². The van der Waals surface area contributed by atoms with Crippen LogP contribution in [0.2, 0.25) is 0 Å². The Morgan fingerprint density at radius 3 is 2.55 bits per heavy atom. The predicted octanol–water partition coefficient (Wildman–Crippen LogP) is 0.478. The van der Waals surface area contributed by atoms with Crippen LogP contribution < -0.4 is 0 Å². The summed E-state index contributed by atoms with van der Waals surface area (Å²) >= 11 is 0. The molecule has 1 amide bonds. The van der Waals surface area contributed by atoms with Crippen LogP contribution in [0.15, 0.2) is 24.3 Å². The molecular weight excluding hydrogens is 398 g/mol. The lowest BCUT2D eigenvalue weighted by Crippen LogP contribution is -2.52. The van der Waals surface area contributed by atoms with Crippen molar-refractivity contribution in [3.8, 4) is 0 Å². The van der Waals surface area contributed by atoms with Crippen LogP contribution in [0.4, 0.5) is 0 Å². The smallest absolute Gasteiger partial charge is 0.254 e. The van der Waals surface area contributed by atoms with Crippen LogP contribution in [0.25, 0.3) is 0 Å². The summed E-state index contributed by atoms with van der Waals surface area (Å²) in [5, 5.41) is 10.6. The first-order chi connectivity index (χ1) is 15.0. The molecule has 2 aliphatic heterocycles. The van der Waals surface area contributed by atoms with Gasteiger partial charge in [0, 0.05) is 65.0 Å². The van der Waals surface area contributed by atoms with Crippen LogP contribution in [0.1, 0.15) is 15.9 Å². The summed E-state index contributed by atoms with van der Waals surface area (Å²) in [5.74, 6) is -0.00914. The molecule has 0 radical (unpaired) electrons. The standard InChI is InChI=1S/C23H37N3O5/c1-19-3-5-20(6-4-19)23(28)26(10-11-29-2)18-22-17-25(9-14-31-22)16-21(27)15-24-7-12-30-13-8-24/h3-6,21-22,27H,7-18H2,1-2H3/t21-,22-/m1/s1. The molecule has 0 spiro atoms. The number of hydrogen-bond donors (Lipinski definition) is 1. The van der Waals surface area contributed by atoms with E-state index in [0.717, 1.165) is 38.4 Å². The molecule has 0 aliphatic carbocycles. The molecule has 2 saturated heterocycles. The number of methoxy groups -OCH3 is 1. The monoisotopic (exact) mass is 435 g/mol. The summed E-state index contributed by atoms with van der Waals surface area (Å²) < 4.78 is 16.6. The van der Waals surface area contributed by atoms with E-state index in [0.29, 0.717) is 51.5 Å². The Morgan fingerprint density at radius 1 is 1.16 bits per heavy atom. The molecule has 8 nitrogen and oxygen atoms in total. The first-order valence-electron chi connectivity index (χ1n) is 11.2. The van der Waals surface area contributed by atoms with E-state index in [1.165, 1.54) is 0 Å². The number of hydrogen-bond acceptors (Lipinski definition) is 7. The van der Waals surface area contributed by atoms with Crippen molar-refractivity contribution in [2.24, 2.45) is 0 Å². The predicted molar refractivity (Wildman–Crippen MR) is 118 cm³/mol. The van der Waals surface area contributed by atoms with Gasteiger partial charge in [-0.25, -0.2) is 0 Å². The average Bonchev–Trinajstić information content (AvgIpc) is 2.77. The first-order valence-corrected chi connectivity index (χ1v) is 11.2. The number of aliphatic hydroxyl groups excluding tert-OH is 1. The van der Waals surface area contributed by atoms with Crippen molar-refractivity contribution in [2.45, 2.75) is 19.1 Å². The van der Waals surface area contributed by atoms with E-state index in [-0.39, 0.29) is 12.0 Å².